The number of fused-ring (bicyclic) bond motifs is 2. The molecule has 2 heterocycles. The second kappa shape index (κ2) is 5.00. The number of hydrogen-bond donors (Lipinski definition) is 0. The standard InChI is InChI=1S/C12H13F7N2/c13-10(14,11(15,16)12(17,18)19)6-21-8-1-2-9(21)4-7(3-8)5-20/h7-9H,1-4,6H2. The van der Waals surface area contributed by atoms with Crippen LogP contribution in [0.5, 0.6) is 0 Å². The summed E-state index contributed by atoms with van der Waals surface area (Å²) in [7, 11) is 0. The molecule has 2 aliphatic heterocycles. The second-order valence-corrected chi connectivity index (χ2v) is 5.63. The lowest BCUT2D eigenvalue weighted by Crippen LogP contribution is -2.59. The van der Waals surface area contributed by atoms with Crippen molar-refractivity contribution in [2.24, 2.45) is 5.92 Å². The summed E-state index contributed by atoms with van der Waals surface area (Å²) in [4.78, 5) is 1.02. The van der Waals surface area contributed by atoms with Gasteiger partial charge in [0.25, 0.3) is 0 Å². The van der Waals surface area contributed by atoms with Gasteiger partial charge in [0, 0.05) is 18.0 Å². The van der Waals surface area contributed by atoms with Crippen molar-refractivity contribution in [3.05, 3.63) is 0 Å². The molecular weight excluding hydrogens is 305 g/mol. The van der Waals surface area contributed by atoms with Crippen LogP contribution >= 0.6 is 0 Å². The molecule has 2 unspecified atom stereocenters. The lowest BCUT2D eigenvalue weighted by Gasteiger charge is -2.40. The van der Waals surface area contributed by atoms with E-state index in [1.807, 2.05) is 6.07 Å². The predicted molar refractivity (Wildman–Crippen MR) is 57.8 cm³/mol. The number of piperidine rings is 1. The average Bonchev–Trinajstić information content (AvgIpc) is 2.60. The molecule has 2 rings (SSSR count). The summed E-state index contributed by atoms with van der Waals surface area (Å²) in [6.07, 6.45) is -4.94. The maximum absolute atomic E-state index is 13.5. The maximum Gasteiger partial charge on any atom is 0.459 e. The van der Waals surface area contributed by atoms with Gasteiger partial charge in [-0.3, -0.25) is 4.90 Å². The normalized spacial score (nSPS) is 31.2. The number of alkyl halides is 7. The Labute approximate surface area is 116 Å². The van der Waals surface area contributed by atoms with Gasteiger partial charge in [0.1, 0.15) is 0 Å². The number of nitriles is 1. The molecule has 0 spiro atoms. The van der Waals surface area contributed by atoms with Crippen molar-refractivity contribution in [3.63, 3.8) is 0 Å². The summed E-state index contributed by atoms with van der Waals surface area (Å²) in [5, 5.41) is 8.82. The largest absolute Gasteiger partial charge is 0.459 e. The van der Waals surface area contributed by atoms with Crippen molar-refractivity contribution in [1.29, 1.82) is 5.26 Å². The van der Waals surface area contributed by atoms with Crippen LogP contribution < -0.4 is 0 Å². The van der Waals surface area contributed by atoms with E-state index in [0.717, 1.165) is 4.90 Å². The Kier molecular flexibility index (Phi) is 3.89. The lowest BCUT2D eigenvalue weighted by atomic mass is 9.91. The zero-order chi connectivity index (χ0) is 16.1. The van der Waals surface area contributed by atoms with E-state index in [9.17, 15) is 30.7 Å². The van der Waals surface area contributed by atoms with Crippen LogP contribution in [0.4, 0.5) is 30.7 Å². The summed E-state index contributed by atoms with van der Waals surface area (Å²) in [5.74, 6) is -11.6. The van der Waals surface area contributed by atoms with Crippen molar-refractivity contribution >= 4 is 0 Å². The Morgan fingerprint density at radius 2 is 1.43 bits per heavy atom. The van der Waals surface area contributed by atoms with Gasteiger partial charge in [-0.2, -0.15) is 36.0 Å². The highest BCUT2D eigenvalue weighted by Crippen LogP contribution is 2.49. The molecule has 2 saturated heterocycles. The summed E-state index contributed by atoms with van der Waals surface area (Å²) >= 11 is 0. The fraction of sp³-hybridized carbons (Fsp3) is 0.917. The second-order valence-electron chi connectivity index (χ2n) is 5.63. The first-order valence-corrected chi connectivity index (χ1v) is 6.47. The van der Waals surface area contributed by atoms with Crippen molar-refractivity contribution in [3.8, 4) is 6.07 Å². The van der Waals surface area contributed by atoms with E-state index < -0.39 is 36.6 Å². The molecule has 0 aromatic rings. The van der Waals surface area contributed by atoms with Crippen molar-refractivity contribution in [2.45, 2.75) is 55.8 Å². The zero-order valence-electron chi connectivity index (χ0n) is 10.8. The molecule has 2 atom stereocenters. The van der Waals surface area contributed by atoms with Gasteiger partial charge in [-0.05, 0) is 25.7 Å². The fourth-order valence-corrected chi connectivity index (χ4v) is 3.17. The molecule has 0 aromatic carbocycles. The summed E-state index contributed by atoms with van der Waals surface area (Å²) in [6, 6.07) is 0.951. The molecule has 2 bridgehead atoms. The van der Waals surface area contributed by atoms with Gasteiger partial charge in [-0.1, -0.05) is 0 Å². The minimum atomic E-state index is -6.29. The van der Waals surface area contributed by atoms with Gasteiger partial charge in [0.2, 0.25) is 0 Å². The van der Waals surface area contributed by atoms with E-state index in [4.69, 9.17) is 5.26 Å². The molecule has 120 valence electrons. The first-order valence-electron chi connectivity index (χ1n) is 6.47. The molecule has 0 saturated carbocycles. The van der Waals surface area contributed by atoms with E-state index >= 15 is 0 Å². The SMILES string of the molecule is N#CC1CC2CCC(C1)N2CC(F)(F)C(F)(F)C(F)(F)F. The van der Waals surface area contributed by atoms with Crippen LogP contribution in [0.15, 0.2) is 0 Å². The Hall–Kier alpha value is -1.04. The highest BCUT2D eigenvalue weighted by molar-refractivity contribution is 5.04. The van der Waals surface area contributed by atoms with Gasteiger partial charge >= 0.3 is 18.0 Å². The van der Waals surface area contributed by atoms with E-state index in [0.29, 0.717) is 12.8 Å². The summed E-state index contributed by atoms with van der Waals surface area (Å²) in [6.45, 7) is -1.63. The Morgan fingerprint density at radius 1 is 0.952 bits per heavy atom. The Bertz CT molecular complexity index is 426. The van der Waals surface area contributed by atoms with Gasteiger partial charge in [0.15, 0.2) is 0 Å². The number of halogens is 7. The van der Waals surface area contributed by atoms with Crippen molar-refractivity contribution in [2.75, 3.05) is 6.54 Å². The van der Waals surface area contributed by atoms with E-state index in [1.165, 1.54) is 0 Å². The van der Waals surface area contributed by atoms with Gasteiger partial charge in [-0.15, -0.1) is 0 Å². The van der Waals surface area contributed by atoms with Gasteiger partial charge < -0.3 is 0 Å². The number of hydrogen-bond acceptors (Lipinski definition) is 2. The van der Waals surface area contributed by atoms with Crippen LogP contribution in [-0.4, -0.2) is 41.5 Å². The average molecular weight is 318 g/mol. The highest BCUT2D eigenvalue weighted by atomic mass is 19.4. The number of nitrogens with zero attached hydrogens (tertiary/aromatic N) is 2. The molecule has 2 fully saturated rings. The predicted octanol–water partition coefficient (Wildman–Crippen LogP) is 3.59. The van der Waals surface area contributed by atoms with Crippen LogP contribution in [0, 0.1) is 17.2 Å². The fourth-order valence-electron chi connectivity index (χ4n) is 3.17. The molecule has 0 amide bonds. The van der Waals surface area contributed by atoms with Crippen LogP contribution in [0.1, 0.15) is 25.7 Å². The molecular formula is C12H13F7N2. The third-order valence-electron chi connectivity index (χ3n) is 4.26. The van der Waals surface area contributed by atoms with Crippen molar-refractivity contribution in [1.82, 2.24) is 4.90 Å². The van der Waals surface area contributed by atoms with Crippen LogP contribution in [0.2, 0.25) is 0 Å². The zero-order valence-corrected chi connectivity index (χ0v) is 10.8. The van der Waals surface area contributed by atoms with Crippen LogP contribution in [-0.2, 0) is 0 Å². The topological polar surface area (TPSA) is 27.0 Å². The first-order chi connectivity index (χ1) is 9.49. The first kappa shape index (κ1) is 16.3. The van der Waals surface area contributed by atoms with E-state index in [1.54, 1.807) is 0 Å². The molecule has 9 heteroatoms. The number of rotatable bonds is 3. The summed E-state index contributed by atoms with van der Waals surface area (Å²) < 4.78 is 89.1. The third-order valence-corrected chi connectivity index (χ3v) is 4.26. The minimum absolute atomic E-state index is 0.237. The molecule has 0 aromatic heterocycles. The van der Waals surface area contributed by atoms with Gasteiger partial charge in [-0.25, -0.2) is 0 Å². The molecule has 0 radical (unpaired) electrons. The molecule has 2 aliphatic rings. The van der Waals surface area contributed by atoms with Crippen LogP contribution in [0.3, 0.4) is 0 Å². The monoisotopic (exact) mass is 318 g/mol. The van der Waals surface area contributed by atoms with Crippen LogP contribution in [0.25, 0.3) is 0 Å². The third kappa shape index (κ3) is 2.70. The summed E-state index contributed by atoms with van der Waals surface area (Å²) in [5.41, 5.74) is 0. The van der Waals surface area contributed by atoms with E-state index in [-0.39, 0.29) is 18.8 Å². The highest BCUT2D eigenvalue weighted by Gasteiger charge is 2.73. The quantitative estimate of drug-likeness (QED) is 0.744. The molecule has 2 nitrogen and oxygen atoms in total. The Balaban J connectivity index is 2.14. The smallest absolute Gasteiger partial charge is 0.291 e. The minimum Gasteiger partial charge on any atom is -0.291 e. The lowest BCUT2D eigenvalue weighted by molar-refractivity contribution is -0.357. The van der Waals surface area contributed by atoms with E-state index in [2.05, 4.69) is 0 Å². The molecule has 0 aliphatic carbocycles. The molecule has 21 heavy (non-hydrogen) atoms. The van der Waals surface area contributed by atoms with Gasteiger partial charge in [0.05, 0.1) is 12.6 Å². The molecule has 0 N–H and O–H groups in total. The Morgan fingerprint density at radius 3 is 1.81 bits per heavy atom. The maximum atomic E-state index is 13.5. The van der Waals surface area contributed by atoms with Crippen molar-refractivity contribution < 1.29 is 30.7 Å².